The highest BCUT2D eigenvalue weighted by Crippen LogP contribution is 2.20. The molecule has 0 spiro atoms. The fourth-order valence-electron chi connectivity index (χ4n) is 2.55. The van der Waals surface area contributed by atoms with Crippen LogP contribution in [0.4, 0.5) is 0 Å². The van der Waals surface area contributed by atoms with E-state index in [1.807, 2.05) is 37.3 Å². The monoisotopic (exact) mass is 315 g/mol. The second kappa shape index (κ2) is 8.43. The Kier molecular flexibility index (Phi) is 6.29. The zero-order valence-electron chi connectivity index (χ0n) is 14.1. The second-order valence-electron chi connectivity index (χ2n) is 5.42. The van der Waals surface area contributed by atoms with Gasteiger partial charge in [0.2, 0.25) is 5.91 Å². The quantitative estimate of drug-likeness (QED) is 0.805. The van der Waals surface area contributed by atoms with E-state index in [1.54, 1.807) is 4.68 Å². The number of aromatic nitrogens is 3. The van der Waals surface area contributed by atoms with Crippen molar-refractivity contribution in [3.63, 3.8) is 0 Å². The van der Waals surface area contributed by atoms with E-state index < -0.39 is 0 Å². The molecule has 0 unspecified atom stereocenters. The topological polar surface area (TPSA) is 63.1 Å². The summed E-state index contributed by atoms with van der Waals surface area (Å²) in [5.74, 6) is -0.0424. The Bertz CT molecular complexity index is 619. The van der Waals surface area contributed by atoms with Gasteiger partial charge in [-0.3, -0.25) is 4.79 Å². The first-order chi connectivity index (χ1) is 11.2. The third-order valence-corrected chi connectivity index (χ3v) is 3.89. The number of carbonyl (C=O) groups is 1. The first-order valence-corrected chi connectivity index (χ1v) is 8.10. The van der Waals surface area contributed by atoms with Gasteiger partial charge >= 0.3 is 0 Å². The van der Waals surface area contributed by atoms with Gasteiger partial charge in [0.1, 0.15) is 6.54 Å². The summed E-state index contributed by atoms with van der Waals surface area (Å²) in [4.78, 5) is 14.4. The van der Waals surface area contributed by atoms with E-state index >= 15 is 0 Å². The maximum atomic E-state index is 12.1. The molecule has 1 amide bonds. The van der Waals surface area contributed by atoms with Crippen molar-refractivity contribution >= 4 is 5.91 Å². The molecule has 0 saturated heterocycles. The van der Waals surface area contributed by atoms with Gasteiger partial charge in [0.05, 0.1) is 11.4 Å². The van der Waals surface area contributed by atoms with Gasteiger partial charge in [0.15, 0.2) is 0 Å². The van der Waals surface area contributed by atoms with Crippen LogP contribution in [-0.2, 0) is 11.3 Å². The minimum Gasteiger partial charge on any atom is -0.353 e. The summed E-state index contributed by atoms with van der Waals surface area (Å²) < 4.78 is 1.66. The van der Waals surface area contributed by atoms with Crippen molar-refractivity contribution < 1.29 is 4.79 Å². The zero-order valence-corrected chi connectivity index (χ0v) is 14.1. The number of hydrogen-bond acceptors (Lipinski definition) is 4. The maximum absolute atomic E-state index is 12.1. The average Bonchev–Trinajstić information content (AvgIpc) is 2.93. The Morgan fingerprint density at radius 3 is 2.57 bits per heavy atom. The van der Waals surface area contributed by atoms with Crippen LogP contribution in [0.2, 0.25) is 0 Å². The molecule has 1 N–H and O–H groups in total. The molecule has 6 nitrogen and oxygen atoms in total. The summed E-state index contributed by atoms with van der Waals surface area (Å²) >= 11 is 0. The first kappa shape index (κ1) is 17.1. The number of benzene rings is 1. The van der Waals surface area contributed by atoms with E-state index in [-0.39, 0.29) is 12.5 Å². The van der Waals surface area contributed by atoms with Gasteiger partial charge in [-0.25, -0.2) is 4.68 Å². The standard InChI is InChI=1S/C17H25N5O/c1-4-21(5-2)12-11-18-16(23)13-22-17(14(3)19-20-22)15-9-7-6-8-10-15/h6-10H,4-5,11-13H2,1-3H3,(H,18,23). The Labute approximate surface area is 137 Å². The molecule has 6 heteroatoms. The molecule has 2 aromatic rings. The molecule has 0 saturated carbocycles. The molecule has 0 aliphatic rings. The molecule has 1 aromatic heterocycles. The normalized spacial score (nSPS) is 11.0. The molecule has 2 rings (SSSR count). The third-order valence-electron chi connectivity index (χ3n) is 3.89. The van der Waals surface area contributed by atoms with Crippen molar-refractivity contribution in [1.82, 2.24) is 25.2 Å². The van der Waals surface area contributed by atoms with Gasteiger partial charge in [-0.15, -0.1) is 5.10 Å². The summed E-state index contributed by atoms with van der Waals surface area (Å²) in [5.41, 5.74) is 2.74. The minimum atomic E-state index is -0.0424. The van der Waals surface area contributed by atoms with Crippen LogP contribution >= 0.6 is 0 Å². The van der Waals surface area contributed by atoms with Crippen LogP contribution in [0, 0.1) is 6.92 Å². The van der Waals surface area contributed by atoms with Crippen LogP contribution in [-0.4, -0.2) is 52.0 Å². The molecular formula is C17H25N5O. The van der Waals surface area contributed by atoms with Gasteiger partial charge in [0.25, 0.3) is 0 Å². The summed E-state index contributed by atoms with van der Waals surface area (Å²) in [5, 5.41) is 11.2. The first-order valence-electron chi connectivity index (χ1n) is 8.10. The van der Waals surface area contributed by atoms with E-state index in [9.17, 15) is 4.79 Å². The van der Waals surface area contributed by atoms with Crippen molar-refractivity contribution in [3.8, 4) is 11.3 Å². The van der Waals surface area contributed by atoms with E-state index in [0.29, 0.717) is 6.54 Å². The lowest BCUT2D eigenvalue weighted by molar-refractivity contribution is -0.121. The largest absolute Gasteiger partial charge is 0.353 e. The Morgan fingerprint density at radius 1 is 1.22 bits per heavy atom. The van der Waals surface area contributed by atoms with Crippen LogP contribution < -0.4 is 5.32 Å². The lowest BCUT2D eigenvalue weighted by Gasteiger charge is -2.18. The highest BCUT2D eigenvalue weighted by Gasteiger charge is 2.14. The lowest BCUT2D eigenvalue weighted by Crippen LogP contribution is -2.36. The van der Waals surface area contributed by atoms with Crippen LogP contribution in [0.1, 0.15) is 19.5 Å². The number of aryl methyl sites for hydroxylation is 1. The van der Waals surface area contributed by atoms with Crippen molar-refractivity contribution in [1.29, 1.82) is 0 Å². The summed E-state index contributed by atoms with van der Waals surface area (Å²) in [7, 11) is 0. The zero-order chi connectivity index (χ0) is 16.7. The van der Waals surface area contributed by atoms with Gasteiger partial charge < -0.3 is 10.2 Å². The highest BCUT2D eigenvalue weighted by atomic mass is 16.2. The van der Waals surface area contributed by atoms with Crippen LogP contribution in [0.5, 0.6) is 0 Å². The molecule has 1 aromatic carbocycles. The van der Waals surface area contributed by atoms with Crippen LogP contribution in [0.25, 0.3) is 11.3 Å². The molecular weight excluding hydrogens is 290 g/mol. The molecule has 0 bridgehead atoms. The number of carbonyl (C=O) groups excluding carboxylic acids is 1. The predicted octanol–water partition coefficient (Wildman–Crippen LogP) is 1.71. The lowest BCUT2D eigenvalue weighted by atomic mass is 10.1. The molecule has 0 fully saturated rings. The minimum absolute atomic E-state index is 0.0424. The molecule has 124 valence electrons. The highest BCUT2D eigenvalue weighted by molar-refractivity contribution is 5.76. The number of likely N-dealkylation sites (N-methyl/N-ethyl adjacent to an activating group) is 1. The number of rotatable bonds is 8. The molecule has 0 aliphatic carbocycles. The van der Waals surface area contributed by atoms with Crippen molar-refractivity contribution in [2.24, 2.45) is 0 Å². The van der Waals surface area contributed by atoms with E-state index in [0.717, 1.165) is 36.6 Å². The van der Waals surface area contributed by atoms with Gasteiger partial charge in [-0.1, -0.05) is 49.4 Å². The van der Waals surface area contributed by atoms with E-state index in [1.165, 1.54) is 0 Å². The molecule has 0 radical (unpaired) electrons. The Hall–Kier alpha value is -2.21. The molecule has 0 atom stereocenters. The summed E-state index contributed by atoms with van der Waals surface area (Å²) in [6.45, 7) is 9.83. The van der Waals surface area contributed by atoms with Crippen molar-refractivity contribution in [3.05, 3.63) is 36.0 Å². The van der Waals surface area contributed by atoms with E-state index in [2.05, 4.69) is 34.4 Å². The Balaban J connectivity index is 1.97. The van der Waals surface area contributed by atoms with E-state index in [4.69, 9.17) is 0 Å². The second-order valence-corrected chi connectivity index (χ2v) is 5.42. The average molecular weight is 315 g/mol. The van der Waals surface area contributed by atoms with Gasteiger partial charge in [0, 0.05) is 18.7 Å². The van der Waals surface area contributed by atoms with Gasteiger partial charge in [-0.05, 0) is 20.0 Å². The Morgan fingerprint density at radius 2 is 1.91 bits per heavy atom. The smallest absolute Gasteiger partial charge is 0.241 e. The summed E-state index contributed by atoms with van der Waals surface area (Å²) in [6.07, 6.45) is 0. The number of amides is 1. The predicted molar refractivity (Wildman–Crippen MR) is 91.0 cm³/mol. The fourth-order valence-corrected chi connectivity index (χ4v) is 2.55. The third kappa shape index (κ3) is 4.63. The number of nitrogens with zero attached hydrogens (tertiary/aromatic N) is 4. The SMILES string of the molecule is CCN(CC)CCNC(=O)Cn1nnc(C)c1-c1ccccc1. The maximum Gasteiger partial charge on any atom is 0.241 e. The number of hydrogen-bond donors (Lipinski definition) is 1. The number of nitrogens with one attached hydrogen (secondary N) is 1. The summed E-state index contributed by atoms with van der Waals surface area (Å²) in [6, 6.07) is 9.90. The fraction of sp³-hybridized carbons (Fsp3) is 0.471. The molecule has 1 heterocycles. The van der Waals surface area contributed by atoms with Crippen LogP contribution in [0.3, 0.4) is 0 Å². The van der Waals surface area contributed by atoms with Crippen molar-refractivity contribution in [2.45, 2.75) is 27.3 Å². The van der Waals surface area contributed by atoms with Crippen LogP contribution in [0.15, 0.2) is 30.3 Å². The van der Waals surface area contributed by atoms with Gasteiger partial charge in [-0.2, -0.15) is 0 Å². The van der Waals surface area contributed by atoms with Crippen molar-refractivity contribution in [2.75, 3.05) is 26.2 Å². The molecule has 23 heavy (non-hydrogen) atoms. The molecule has 0 aliphatic heterocycles.